The lowest BCUT2D eigenvalue weighted by Crippen LogP contribution is -2.35. The topological polar surface area (TPSA) is 60.8 Å². The van der Waals surface area contributed by atoms with Crippen molar-refractivity contribution >= 4 is 21.8 Å². The number of amides is 1. The van der Waals surface area contributed by atoms with Crippen molar-refractivity contribution in [3.05, 3.63) is 34.3 Å². The van der Waals surface area contributed by atoms with E-state index in [1.54, 1.807) is 24.3 Å². The van der Waals surface area contributed by atoms with Gasteiger partial charge in [-0.05, 0) is 24.3 Å². The molecule has 1 aromatic carbocycles. The zero-order valence-corrected chi connectivity index (χ0v) is 12.4. The van der Waals surface area contributed by atoms with Gasteiger partial charge in [-0.1, -0.05) is 29.8 Å². The van der Waals surface area contributed by atoms with Crippen LogP contribution in [0.3, 0.4) is 0 Å². The number of rotatable bonds is 5. The highest BCUT2D eigenvalue weighted by Gasteiger charge is 2.14. The van der Waals surface area contributed by atoms with Crippen molar-refractivity contribution in [2.24, 2.45) is 0 Å². The molecule has 1 rings (SSSR count). The highest BCUT2D eigenvalue weighted by atomic mass is 79.9. The molecule has 0 aliphatic carbocycles. The summed E-state index contributed by atoms with van der Waals surface area (Å²) in [6.45, 7) is 4.25. The highest BCUT2D eigenvalue weighted by molar-refractivity contribution is 9.10. The largest absolute Gasteiger partial charge is 0.395 e. The van der Waals surface area contributed by atoms with Crippen molar-refractivity contribution in [2.75, 3.05) is 26.3 Å². The number of nitrogens with zero attached hydrogens (tertiary/aromatic N) is 1. The van der Waals surface area contributed by atoms with Crippen LogP contribution in [0.2, 0.25) is 0 Å². The normalized spacial score (nSPS) is 9.39. The van der Waals surface area contributed by atoms with Crippen LogP contribution in [0, 0.1) is 0 Å². The zero-order valence-electron chi connectivity index (χ0n) is 10.8. The molecule has 1 amide bonds. The minimum Gasteiger partial charge on any atom is -0.395 e. The second kappa shape index (κ2) is 10.1. The molecule has 102 valence electrons. The average Bonchev–Trinajstić information content (AvgIpc) is 2.41. The molecule has 0 radical (unpaired) electrons. The first-order valence-corrected chi connectivity index (χ1v) is 6.75. The molecule has 0 aliphatic heterocycles. The summed E-state index contributed by atoms with van der Waals surface area (Å²) in [6.07, 6.45) is 0. The third kappa shape index (κ3) is 5.62. The summed E-state index contributed by atoms with van der Waals surface area (Å²) < 4.78 is 0.903. The van der Waals surface area contributed by atoms with E-state index in [-0.39, 0.29) is 32.2 Å². The molecule has 18 heavy (non-hydrogen) atoms. The second-order valence-corrected chi connectivity index (χ2v) is 4.16. The number of halogens is 1. The summed E-state index contributed by atoms with van der Waals surface area (Å²) in [6, 6.07) is 6.97. The van der Waals surface area contributed by atoms with E-state index in [0.717, 1.165) is 4.47 Å². The average molecular weight is 318 g/mol. The van der Waals surface area contributed by atoms with E-state index in [0.29, 0.717) is 5.56 Å². The fraction of sp³-hybridized carbons (Fsp3) is 0.462. The van der Waals surface area contributed by atoms with Gasteiger partial charge < -0.3 is 15.1 Å². The Balaban J connectivity index is 0.00000137. The minimum atomic E-state index is -0.185. The van der Waals surface area contributed by atoms with Crippen LogP contribution in [-0.4, -0.2) is 47.3 Å². The first-order valence-electron chi connectivity index (χ1n) is 5.95. The first kappa shape index (κ1) is 17.1. The standard InChI is InChI=1S/C11H14BrNO3.C2H6/c12-10-3-1-9(2-4-10)11(16)13(5-7-14)6-8-15;1-2/h1-4,14-15H,5-8H2;1-2H3. The molecule has 2 N–H and O–H groups in total. The Hall–Kier alpha value is -0.910. The number of carbonyl (C=O) groups excluding carboxylic acids is 1. The number of benzene rings is 1. The Morgan fingerprint density at radius 3 is 1.94 bits per heavy atom. The monoisotopic (exact) mass is 317 g/mol. The molecule has 0 aliphatic rings. The second-order valence-electron chi connectivity index (χ2n) is 3.25. The Morgan fingerprint density at radius 2 is 1.56 bits per heavy atom. The van der Waals surface area contributed by atoms with Crippen LogP contribution in [-0.2, 0) is 0 Å². The van der Waals surface area contributed by atoms with Gasteiger partial charge in [0.05, 0.1) is 13.2 Å². The van der Waals surface area contributed by atoms with Crippen LogP contribution in [0.25, 0.3) is 0 Å². The van der Waals surface area contributed by atoms with E-state index in [1.165, 1.54) is 4.90 Å². The molecule has 0 saturated carbocycles. The van der Waals surface area contributed by atoms with Gasteiger partial charge in [-0.25, -0.2) is 0 Å². The maximum atomic E-state index is 11.9. The SMILES string of the molecule is CC.O=C(c1ccc(Br)cc1)N(CCO)CCO. The zero-order chi connectivity index (χ0) is 14.0. The molecule has 0 bridgehead atoms. The minimum absolute atomic E-state index is 0.109. The van der Waals surface area contributed by atoms with E-state index in [1.807, 2.05) is 13.8 Å². The summed E-state index contributed by atoms with van der Waals surface area (Å²) in [4.78, 5) is 13.3. The lowest BCUT2D eigenvalue weighted by atomic mass is 10.2. The maximum Gasteiger partial charge on any atom is 0.254 e. The molecule has 4 nitrogen and oxygen atoms in total. The van der Waals surface area contributed by atoms with Gasteiger partial charge in [0.25, 0.3) is 5.91 Å². The van der Waals surface area contributed by atoms with Gasteiger partial charge in [0.15, 0.2) is 0 Å². The Labute approximate surface area is 116 Å². The number of carbonyl (C=O) groups is 1. The van der Waals surface area contributed by atoms with Crippen LogP contribution in [0.5, 0.6) is 0 Å². The highest BCUT2D eigenvalue weighted by Crippen LogP contribution is 2.12. The third-order valence-corrected chi connectivity index (χ3v) is 2.65. The molecule has 5 heteroatoms. The van der Waals surface area contributed by atoms with Crippen LogP contribution in [0.4, 0.5) is 0 Å². The molecule has 0 fully saturated rings. The van der Waals surface area contributed by atoms with Gasteiger partial charge in [-0.2, -0.15) is 0 Å². The predicted molar refractivity (Wildman–Crippen MR) is 75.6 cm³/mol. The fourth-order valence-corrected chi connectivity index (χ4v) is 1.60. The summed E-state index contributed by atoms with van der Waals surface area (Å²) in [5.74, 6) is -0.185. The molecular weight excluding hydrogens is 298 g/mol. The number of aliphatic hydroxyl groups is 2. The van der Waals surface area contributed by atoms with E-state index < -0.39 is 0 Å². The quantitative estimate of drug-likeness (QED) is 0.872. The molecule has 1 aromatic rings. The fourth-order valence-electron chi connectivity index (χ4n) is 1.33. The Kier molecular flexibility index (Phi) is 9.55. The van der Waals surface area contributed by atoms with E-state index >= 15 is 0 Å². The summed E-state index contributed by atoms with van der Waals surface area (Å²) in [5, 5.41) is 17.6. The van der Waals surface area contributed by atoms with Crippen molar-refractivity contribution in [1.29, 1.82) is 0 Å². The van der Waals surface area contributed by atoms with Crippen LogP contribution < -0.4 is 0 Å². The first-order chi connectivity index (χ1) is 8.69. The molecule has 0 unspecified atom stereocenters. The van der Waals surface area contributed by atoms with Crippen molar-refractivity contribution in [2.45, 2.75) is 13.8 Å². The van der Waals surface area contributed by atoms with Gasteiger partial charge in [0, 0.05) is 23.1 Å². The molecule has 0 heterocycles. The third-order valence-electron chi connectivity index (χ3n) is 2.12. The molecule has 0 atom stereocenters. The molecule has 0 spiro atoms. The number of hydrogen-bond donors (Lipinski definition) is 2. The van der Waals surface area contributed by atoms with Crippen molar-refractivity contribution in [3.8, 4) is 0 Å². The summed E-state index contributed by atoms with van der Waals surface area (Å²) in [7, 11) is 0. The number of aliphatic hydroxyl groups excluding tert-OH is 2. The summed E-state index contributed by atoms with van der Waals surface area (Å²) >= 11 is 3.29. The molecular formula is C13H20BrNO3. The predicted octanol–water partition coefficient (Wildman–Crippen LogP) is 1.90. The van der Waals surface area contributed by atoms with Crippen LogP contribution >= 0.6 is 15.9 Å². The van der Waals surface area contributed by atoms with Crippen molar-refractivity contribution in [1.82, 2.24) is 4.90 Å². The van der Waals surface area contributed by atoms with E-state index in [4.69, 9.17) is 10.2 Å². The van der Waals surface area contributed by atoms with Crippen molar-refractivity contribution < 1.29 is 15.0 Å². The number of hydrogen-bond acceptors (Lipinski definition) is 3. The Bertz CT molecular complexity index is 335. The molecule has 0 saturated heterocycles. The molecule has 0 aromatic heterocycles. The Morgan fingerprint density at radius 1 is 1.11 bits per heavy atom. The van der Waals surface area contributed by atoms with Gasteiger partial charge in [-0.3, -0.25) is 4.79 Å². The smallest absolute Gasteiger partial charge is 0.254 e. The van der Waals surface area contributed by atoms with Gasteiger partial charge in [-0.15, -0.1) is 0 Å². The van der Waals surface area contributed by atoms with E-state index in [9.17, 15) is 4.79 Å². The van der Waals surface area contributed by atoms with E-state index in [2.05, 4.69) is 15.9 Å². The van der Waals surface area contributed by atoms with Crippen LogP contribution in [0.1, 0.15) is 24.2 Å². The van der Waals surface area contributed by atoms with Gasteiger partial charge >= 0.3 is 0 Å². The van der Waals surface area contributed by atoms with Crippen LogP contribution in [0.15, 0.2) is 28.7 Å². The van der Waals surface area contributed by atoms with Gasteiger partial charge in [0.2, 0.25) is 0 Å². The van der Waals surface area contributed by atoms with Crippen molar-refractivity contribution in [3.63, 3.8) is 0 Å². The lowest BCUT2D eigenvalue weighted by molar-refractivity contribution is 0.0685. The lowest BCUT2D eigenvalue weighted by Gasteiger charge is -2.20. The summed E-state index contributed by atoms with van der Waals surface area (Å²) in [5.41, 5.74) is 0.546. The van der Waals surface area contributed by atoms with Gasteiger partial charge in [0.1, 0.15) is 0 Å². The maximum absolute atomic E-state index is 11.9.